The van der Waals surface area contributed by atoms with Crippen molar-refractivity contribution in [2.24, 2.45) is 0 Å². The van der Waals surface area contributed by atoms with E-state index in [0.29, 0.717) is 18.5 Å². The number of fused-ring (bicyclic) bond motifs is 1. The Morgan fingerprint density at radius 2 is 1.71 bits per heavy atom. The van der Waals surface area contributed by atoms with E-state index in [9.17, 15) is 13.2 Å². The van der Waals surface area contributed by atoms with E-state index < -0.39 is 9.84 Å². The van der Waals surface area contributed by atoms with Gasteiger partial charge in [-0.25, -0.2) is 8.42 Å². The quantitative estimate of drug-likeness (QED) is 0.581. The second-order valence-corrected chi connectivity index (χ2v) is 10.3. The van der Waals surface area contributed by atoms with Crippen LogP contribution in [0, 0.1) is 0 Å². The van der Waals surface area contributed by atoms with Crippen molar-refractivity contribution in [3.05, 3.63) is 82.3 Å². The lowest BCUT2D eigenvalue weighted by Crippen LogP contribution is -2.40. The van der Waals surface area contributed by atoms with Crippen molar-refractivity contribution < 1.29 is 13.2 Å². The van der Waals surface area contributed by atoms with Crippen LogP contribution in [0.2, 0.25) is 0 Å². The van der Waals surface area contributed by atoms with Crippen molar-refractivity contribution in [2.75, 3.05) is 11.5 Å². The summed E-state index contributed by atoms with van der Waals surface area (Å²) < 4.78 is 25.0. The average Bonchev–Trinajstić information content (AvgIpc) is 3.05. The van der Waals surface area contributed by atoms with Gasteiger partial charge in [0, 0.05) is 22.6 Å². The van der Waals surface area contributed by atoms with Crippen molar-refractivity contribution in [1.29, 1.82) is 0 Å². The van der Waals surface area contributed by atoms with Gasteiger partial charge in [-0.1, -0.05) is 58.4 Å². The minimum absolute atomic E-state index is 0.0278. The maximum absolute atomic E-state index is 13.3. The van der Waals surface area contributed by atoms with Crippen LogP contribution < -0.4 is 0 Å². The molecule has 3 aromatic carbocycles. The average molecular weight is 458 g/mol. The fourth-order valence-electron chi connectivity index (χ4n) is 3.76. The molecule has 1 fully saturated rings. The summed E-state index contributed by atoms with van der Waals surface area (Å²) in [6.45, 7) is 0.385. The van der Waals surface area contributed by atoms with E-state index >= 15 is 0 Å². The zero-order valence-corrected chi connectivity index (χ0v) is 17.6. The van der Waals surface area contributed by atoms with Gasteiger partial charge in [-0.3, -0.25) is 4.79 Å². The lowest BCUT2D eigenvalue weighted by Gasteiger charge is -2.29. The first-order valence-electron chi connectivity index (χ1n) is 9.16. The number of sulfone groups is 1. The molecule has 1 aliphatic rings. The summed E-state index contributed by atoms with van der Waals surface area (Å²) in [5, 5.41) is 2.19. The van der Waals surface area contributed by atoms with Crippen LogP contribution in [0.3, 0.4) is 0 Å². The molecule has 144 valence electrons. The third-order valence-electron chi connectivity index (χ3n) is 5.22. The summed E-state index contributed by atoms with van der Waals surface area (Å²) in [5.74, 6) is 0.0275. The monoisotopic (exact) mass is 457 g/mol. The number of amides is 1. The van der Waals surface area contributed by atoms with Gasteiger partial charge in [-0.2, -0.15) is 0 Å². The summed E-state index contributed by atoms with van der Waals surface area (Å²) >= 11 is 3.39. The Bertz CT molecular complexity index is 1120. The van der Waals surface area contributed by atoms with Gasteiger partial charge in [-0.15, -0.1) is 0 Å². The van der Waals surface area contributed by atoms with E-state index in [0.717, 1.165) is 20.8 Å². The molecule has 0 N–H and O–H groups in total. The van der Waals surface area contributed by atoms with Crippen LogP contribution in [0.1, 0.15) is 22.3 Å². The molecule has 1 amide bonds. The highest BCUT2D eigenvalue weighted by Crippen LogP contribution is 2.26. The SMILES string of the molecule is O=C(c1ccc(Br)cc1)N(Cc1cccc2ccccc12)[C@H]1CCS(=O)(=O)C1. The molecule has 0 bridgehead atoms. The summed E-state index contributed by atoms with van der Waals surface area (Å²) in [4.78, 5) is 15.0. The van der Waals surface area contributed by atoms with Crippen LogP contribution in [0.25, 0.3) is 10.8 Å². The first kappa shape index (κ1) is 19.2. The van der Waals surface area contributed by atoms with Crippen LogP contribution in [0.5, 0.6) is 0 Å². The van der Waals surface area contributed by atoms with E-state index in [1.807, 2.05) is 54.6 Å². The Labute approximate surface area is 173 Å². The molecule has 0 radical (unpaired) electrons. The number of halogens is 1. The lowest BCUT2D eigenvalue weighted by atomic mass is 10.0. The highest BCUT2D eigenvalue weighted by molar-refractivity contribution is 9.10. The van der Waals surface area contributed by atoms with Gasteiger partial charge in [0.2, 0.25) is 0 Å². The molecule has 6 heteroatoms. The predicted molar refractivity (Wildman–Crippen MR) is 115 cm³/mol. The predicted octanol–water partition coefficient (Wildman–Crippen LogP) is 4.43. The summed E-state index contributed by atoms with van der Waals surface area (Å²) in [6, 6.07) is 21.0. The Kier molecular flexibility index (Phi) is 5.25. The zero-order chi connectivity index (χ0) is 19.7. The highest BCUT2D eigenvalue weighted by atomic mass is 79.9. The molecule has 0 saturated carbocycles. The fraction of sp³-hybridized carbons (Fsp3) is 0.227. The maximum atomic E-state index is 13.3. The Balaban J connectivity index is 1.72. The topological polar surface area (TPSA) is 54.5 Å². The molecular weight excluding hydrogens is 438 g/mol. The van der Waals surface area contributed by atoms with Crippen LogP contribution in [0.15, 0.2) is 71.2 Å². The molecule has 3 aromatic rings. The number of carbonyl (C=O) groups is 1. The van der Waals surface area contributed by atoms with Crippen LogP contribution >= 0.6 is 15.9 Å². The normalized spacial score (nSPS) is 18.2. The number of benzene rings is 3. The van der Waals surface area contributed by atoms with Gasteiger partial charge < -0.3 is 4.90 Å². The van der Waals surface area contributed by atoms with Crippen molar-refractivity contribution in [3.8, 4) is 0 Å². The molecule has 0 aliphatic carbocycles. The van der Waals surface area contributed by atoms with Crippen LogP contribution in [-0.2, 0) is 16.4 Å². The Morgan fingerprint density at radius 1 is 1.00 bits per heavy atom. The lowest BCUT2D eigenvalue weighted by molar-refractivity contribution is 0.0682. The zero-order valence-electron chi connectivity index (χ0n) is 15.2. The summed E-state index contributed by atoms with van der Waals surface area (Å²) in [7, 11) is -3.10. The molecule has 4 nitrogen and oxygen atoms in total. The number of carbonyl (C=O) groups excluding carboxylic acids is 1. The maximum Gasteiger partial charge on any atom is 0.254 e. The van der Waals surface area contributed by atoms with Gasteiger partial charge in [0.1, 0.15) is 0 Å². The largest absolute Gasteiger partial charge is 0.330 e. The Hall–Kier alpha value is -2.18. The number of hydrogen-bond acceptors (Lipinski definition) is 3. The number of nitrogens with zero attached hydrogens (tertiary/aromatic N) is 1. The van der Waals surface area contributed by atoms with Crippen LogP contribution in [-0.4, -0.2) is 36.8 Å². The highest BCUT2D eigenvalue weighted by Gasteiger charge is 2.35. The summed E-state index contributed by atoms with van der Waals surface area (Å²) in [6.07, 6.45) is 0.482. The first-order valence-corrected chi connectivity index (χ1v) is 11.8. The van der Waals surface area contributed by atoms with Crippen molar-refractivity contribution in [2.45, 2.75) is 19.0 Å². The molecule has 28 heavy (non-hydrogen) atoms. The summed E-state index contributed by atoms with van der Waals surface area (Å²) in [5.41, 5.74) is 1.58. The molecule has 0 aromatic heterocycles. The Morgan fingerprint density at radius 3 is 2.43 bits per heavy atom. The van der Waals surface area contributed by atoms with E-state index in [1.165, 1.54) is 0 Å². The standard InChI is InChI=1S/C22H20BrNO3S/c23-19-10-8-17(9-11-19)22(25)24(20-12-13-28(26,27)15-20)14-18-6-3-5-16-4-1-2-7-21(16)18/h1-11,20H,12-15H2/t20-/m0/s1. The third kappa shape index (κ3) is 3.98. The van der Waals surface area contributed by atoms with Crippen molar-refractivity contribution >= 4 is 42.4 Å². The minimum atomic E-state index is -3.10. The minimum Gasteiger partial charge on any atom is -0.330 e. The van der Waals surface area contributed by atoms with E-state index in [2.05, 4.69) is 15.9 Å². The molecule has 1 atom stereocenters. The van der Waals surface area contributed by atoms with E-state index in [4.69, 9.17) is 0 Å². The smallest absolute Gasteiger partial charge is 0.254 e. The van der Waals surface area contributed by atoms with Crippen LogP contribution in [0.4, 0.5) is 0 Å². The van der Waals surface area contributed by atoms with Gasteiger partial charge in [-0.05, 0) is 47.0 Å². The third-order valence-corrected chi connectivity index (χ3v) is 7.50. The second-order valence-electron chi connectivity index (χ2n) is 7.14. The van der Waals surface area contributed by atoms with E-state index in [1.54, 1.807) is 17.0 Å². The first-order chi connectivity index (χ1) is 13.4. The number of rotatable bonds is 4. The van der Waals surface area contributed by atoms with Crippen molar-refractivity contribution in [1.82, 2.24) is 4.90 Å². The molecule has 0 spiro atoms. The number of hydrogen-bond donors (Lipinski definition) is 0. The molecule has 1 heterocycles. The van der Waals surface area contributed by atoms with E-state index in [-0.39, 0.29) is 23.5 Å². The second kappa shape index (κ2) is 7.68. The van der Waals surface area contributed by atoms with Gasteiger partial charge in [0.25, 0.3) is 5.91 Å². The molecule has 1 aliphatic heterocycles. The molecule has 0 unspecified atom stereocenters. The van der Waals surface area contributed by atoms with Crippen molar-refractivity contribution in [3.63, 3.8) is 0 Å². The van der Waals surface area contributed by atoms with Gasteiger partial charge in [0.15, 0.2) is 9.84 Å². The van der Waals surface area contributed by atoms with Gasteiger partial charge >= 0.3 is 0 Å². The van der Waals surface area contributed by atoms with Gasteiger partial charge in [0.05, 0.1) is 11.5 Å². The molecular formula is C22H20BrNO3S. The fourth-order valence-corrected chi connectivity index (χ4v) is 5.76. The molecule has 1 saturated heterocycles. The molecule has 4 rings (SSSR count).